The van der Waals surface area contributed by atoms with Gasteiger partial charge in [0.25, 0.3) is 0 Å². The van der Waals surface area contributed by atoms with Gasteiger partial charge in [-0.05, 0) is 12.1 Å². The molecule has 0 unspecified atom stereocenters. The van der Waals surface area contributed by atoms with Gasteiger partial charge in [0.05, 0.1) is 13.5 Å². The Labute approximate surface area is 103 Å². The molecule has 0 spiro atoms. The van der Waals surface area contributed by atoms with Gasteiger partial charge in [-0.25, -0.2) is 0 Å². The van der Waals surface area contributed by atoms with Gasteiger partial charge < -0.3 is 14.2 Å². The molecule has 6 heteroatoms. The number of alkyl halides is 2. The maximum Gasteiger partial charge on any atom is 0.401 e. The topological polar surface area (TPSA) is 44.8 Å². The fourth-order valence-corrected chi connectivity index (χ4v) is 1.23. The van der Waals surface area contributed by atoms with Crippen molar-refractivity contribution in [1.82, 2.24) is 0 Å². The Kier molecular flexibility index (Phi) is 4.88. The monoisotopic (exact) mass is 260 g/mol. The summed E-state index contributed by atoms with van der Waals surface area (Å²) in [5.41, 5.74) is 0. The Hall–Kier alpha value is -1.85. The first-order chi connectivity index (χ1) is 8.44. The molecule has 0 fully saturated rings. The second-order valence-corrected chi connectivity index (χ2v) is 3.48. The highest BCUT2D eigenvalue weighted by Crippen LogP contribution is 2.32. The van der Waals surface area contributed by atoms with Gasteiger partial charge in [0.2, 0.25) is 0 Å². The highest BCUT2D eigenvalue weighted by molar-refractivity contribution is 5.65. The molecule has 0 saturated heterocycles. The van der Waals surface area contributed by atoms with E-state index >= 15 is 0 Å². The fourth-order valence-electron chi connectivity index (χ4n) is 1.23. The van der Waals surface area contributed by atoms with E-state index in [9.17, 15) is 13.6 Å². The van der Waals surface area contributed by atoms with Crippen molar-refractivity contribution in [3.63, 3.8) is 0 Å². The predicted octanol–water partition coefficient (Wildman–Crippen LogP) is 2.62. The second kappa shape index (κ2) is 6.18. The summed E-state index contributed by atoms with van der Waals surface area (Å²) in [6.45, 7) is 0.747. The number of ether oxygens (including phenoxy) is 3. The molecule has 0 amide bonds. The van der Waals surface area contributed by atoms with Gasteiger partial charge >= 0.3 is 12.1 Å². The van der Waals surface area contributed by atoms with E-state index in [1.165, 1.54) is 19.2 Å². The van der Waals surface area contributed by atoms with Crippen LogP contribution in [0.3, 0.4) is 0 Å². The molecule has 18 heavy (non-hydrogen) atoms. The maximum atomic E-state index is 13.4. The average Bonchev–Trinajstić information content (AvgIpc) is 2.28. The normalized spacial score (nSPS) is 10.9. The molecule has 0 saturated carbocycles. The number of carbonyl (C=O) groups is 1. The van der Waals surface area contributed by atoms with E-state index in [4.69, 9.17) is 4.74 Å². The van der Waals surface area contributed by atoms with Crippen LogP contribution in [-0.2, 0) is 9.53 Å². The Morgan fingerprint density at radius 2 is 1.89 bits per heavy atom. The lowest BCUT2D eigenvalue weighted by Crippen LogP contribution is -2.27. The molecule has 0 bridgehead atoms. The van der Waals surface area contributed by atoms with Gasteiger partial charge in [0.1, 0.15) is 6.61 Å². The van der Waals surface area contributed by atoms with Crippen molar-refractivity contribution in [3.8, 4) is 11.5 Å². The molecule has 0 aliphatic carbocycles. The lowest BCUT2D eigenvalue weighted by atomic mass is 10.3. The second-order valence-electron chi connectivity index (χ2n) is 3.48. The molecule has 0 aromatic heterocycles. The molecule has 4 nitrogen and oxygen atoms in total. The molecule has 1 aromatic rings. The van der Waals surface area contributed by atoms with Crippen LogP contribution < -0.4 is 9.47 Å². The molecule has 0 aliphatic heterocycles. The number of rotatable bonds is 6. The largest absolute Gasteiger partial charge is 0.493 e. The molecule has 0 radical (unpaired) electrons. The zero-order chi connectivity index (χ0) is 13.6. The highest BCUT2D eigenvalue weighted by Gasteiger charge is 2.32. The van der Waals surface area contributed by atoms with Crippen LogP contribution in [0.5, 0.6) is 11.5 Å². The summed E-state index contributed by atoms with van der Waals surface area (Å²) in [7, 11) is 1.36. The minimum absolute atomic E-state index is 0.0622. The molecule has 1 rings (SSSR count). The Morgan fingerprint density at radius 1 is 1.28 bits per heavy atom. The molecule has 0 atom stereocenters. The smallest absolute Gasteiger partial charge is 0.401 e. The number of benzene rings is 1. The minimum atomic E-state index is -3.43. The van der Waals surface area contributed by atoms with E-state index in [0.717, 1.165) is 6.92 Å². The first kappa shape index (κ1) is 14.2. The quantitative estimate of drug-likeness (QED) is 0.737. The number of hydrogen-bond acceptors (Lipinski definition) is 4. The predicted molar refractivity (Wildman–Crippen MR) is 59.8 cm³/mol. The minimum Gasteiger partial charge on any atom is -0.493 e. The number of hydrogen-bond donors (Lipinski definition) is 0. The van der Waals surface area contributed by atoms with Gasteiger partial charge in [-0.3, -0.25) is 4.79 Å². The average molecular weight is 260 g/mol. The van der Waals surface area contributed by atoms with Crippen LogP contribution in [-0.4, -0.2) is 25.8 Å². The number of carbonyl (C=O) groups excluding carboxylic acids is 1. The van der Waals surface area contributed by atoms with E-state index in [1.807, 2.05) is 0 Å². The van der Waals surface area contributed by atoms with E-state index in [0.29, 0.717) is 0 Å². The Balaban J connectivity index is 2.61. The van der Waals surface area contributed by atoms with Crippen LogP contribution in [0.15, 0.2) is 24.3 Å². The summed E-state index contributed by atoms with van der Waals surface area (Å²) in [5, 5.41) is 0. The Morgan fingerprint density at radius 3 is 2.44 bits per heavy atom. The van der Waals surface area contributed by atoms with Gasteiger partial charge in [-0.15, -0.1) is 0 Å². The lowest BCUT2D eigenvalue weighted by Gasteiger charge is -2.19. The summed E-state index contributed by atoms with van der Waals surface area (Å²) < 4.78 is 40.7. The van der Waals surface area contributed by atoms with E-state index in [-0.39, 0.29) is 11.5 Å². The van der Waals surface area contributed by atoms with E-state index < -0.39 is 25.1 Å². The third-order valence-electron chi connectivity index (χ3n) is 2.03. The van der Waals surface area contributed by atoms with Crippen molar-refractivity contribution in [3.05, 3.63) is 24.3 Å². The maximum absolute atomic E-state index is 13.4. The van der Waals surface area contributed by atoms with Crippen LogP contribution in [0.1, 0.15) is 13.3 Å². The van der Waals surface area contributed by atoms with Crippen LogP contribution in [0.4, 0.5) is 8.78 Å². The molecule has 0 N–H and O–H groups in total. The summed E-state index contributed by atoms with van der Waals surface area (Å²) in [6.07, 6.45) is -4.14. The Bertz CT molecular complexity index is 407. The van der Waals surface area contributed by atoms with Crippen molar-refractivity contribution in [2.45, 2.75) is 19.5 Å². The lowest BCUT2D eigenvalue weighted by molar-refractivity contribution is -0.190. The van der Waals surface area contributed by atoms with E-state index in [2.05, 4.69) is 9.47 Å². The first-order valence-electron chi connectivity index (χ1n) is 5.28. The number of para-hydroxylation sites is 2. The zero-order valence-corrected chi connectivity index (χ0v) is 10.1. The molecule has 1 aromatic carbocycles. The first-order valence-corrected chi connectivity index (χ1v) is 5.28. The summed E-state index contributed by atoms with van der Waals surface area (Å²) >= 11 is 0. The zero-order valence-electron chi connectivity index (χ0n) is 10.1. The molecular weight excluding hydrogens is 246 g/mol. The number of esters is 1. The molecular formula is C12H14F2O4. The summed E-state index contributed by atoms with van der Waals surface area (Å²) in [4.78, 5) is 10.5. The van der Waals surface area contributed by atoms with Gasteiger partial charge in [0, 0.05) is 6.92 Å². The number of methoxy groups -OCH3 is 1. The number of halogens is 2. The van der Waals surface area contributed by atoms with Crippen molar-refractivity contribution < 1.29 is 27.8 Å². The van der Waals surface area contributed by atoms with Crippen molar-refractivity contribution in [2.24, 2.45) is 0 Å². The van der Waals surface area contributed by atoms with Crippen LogP contribution in [0.2, 0.25) is 0 Å². The van der Waals surface area contributed by atoms with E-state index in [1.54, 1.807) is 12.1 Å². The standard InChI is InChI=1S/C12H14F2O4/c1-9(15)17-8-7-12(13,14)18-11-6-4-3-5-10(11)16-2/h3-6H,7-8H2,1-2H3. The van der Waals surface area contributed by atoms with Crippen molar-refractivity contribution >= 4 is 5.97 Å². The highest BCUT2D eigenvalue weighted by atomic mass is 19.3. The van der Waals surface area contributed by atoms with Crippen molar-refractivity contribution in [2.75, 3.05) is 13.7 Å². The van der Waals surface area contributed by atoms with Gasteiger partial charge in [0.15, 0.2) is 11.5 Å². The molecule has 0 aliphatic rings. The van der Waals surface area contributed by atoms with Crippen LogP contribution in [0, 0.1) is 0 Å². The van der Waals surface area contributed by atoms with Gasteiger partial charge in [-0.2, -0.15) is 8.78 Å². The third-order valence-corrected chi connectivity index (χ3v) is 2.03. The van der Waals surface area contributed by atoms with Crippen molar-refractivity contribution in [1.29, 1.82) is 0 Å². The van der Waals surface area contributed by atoms with Crippen LogP contribution in [0.25, 0.3) is 0 Å². The molecule has 100 valence electrons. The fraction of sp³-hybridized carbons (Fsp3) is 0.417. The summed E-state index contributed by atoms with van der Waals surface area (Å²) in [6, 6.07) is 6.08. The molecule has 0 heterocycles. The summed E-state index contributed by atoms with van der Waals surface area (Å²) in [5.74, 6) is -0.458. The third kappa shape index (κ3) is 4.57. The SMILES string of the molecule is COc1ccccc1OC(F)(F)CCOC(C)=O. The van der Waals surface area contributed by atoms with Crippen LogP contribution >= 0.6 is 0 Å². The van der Waals surface area contributed by atoms with Gasteiger partial charge in [-0.1, -0.05) is 12.1 Å².